The Morgan fingerprint density at radius 2 is 1.95 bits per heavy atom. The Labute approximate surface area is 119 Å². The summed E-state index contributed by atoms with van der Waals surface area (Å²) in [5.74, 6) is 0. The third-order valence-corrected chi connectivity index (χ3v) is 2.80. The summed E-state index contributed by atoms with van der Waals surface area (Å²) in [4.78, 5) is 0. The molecule has 1 aromatic rings. The van der Waals surface area contributed by atoms with E-state index in [4.69, 9.17) is 10.4 Å². The van der Waals surface area contributed by atoms with E-state index in [1.54, 1.807) is 0 Å². The highest BCUT2D eigenvalue weighted by atomic mass is 16.4. The summed E-state index contributed by atoms with van der Waals surface area (Å²) in [6, 6.07) is 6.08. The van der Waals surface area contributed by atoms with Crippen LogP contribution in [0.4, 0.5) is 0 Å². The molecule has 0 amide bonds. The molecule has 0 saturated heterocycles. The van der Waals surface area contributed by atoms with E-state index in [0.29, 0.717) is 13.2 Å². The Morgan fingerprint density at radius 3 is 2.42 bits per heavy atom. The van der Waals surface area contributed by atoms with Crippen LogP contribution < -0.4 is 11.2 Å². The van der Waals surface area contributed by atoms with E-state index in [2.05, 4.69) is 26.5 Å². The monoisotopic (exact) mass is 261 g/mol. The van der Waals surface area contributed by atoms with E-state index < -0.39 is 0 Å². The van der Waals surface area contributed by atoms with Crippen LogP contribution in [0.25, 0.3) is 5.70 Å². The first-order chi connectivity index (χ1) is 9.19. The fraction of sp³-hybridized carbons (Fsp3) is 0.500. The minimum absolute atomic E-state index is 0.615. The zero-order chi connectivity index (χ0) is 14.7. The normalized spacial score (nSPS) is 11.2. The first-order valence-electron chi connectivity index (χ1n) is 7.33. The van der Waals surface area contributed by atoms with Crippen LogP contribution in [0.3, 0.4) is 0 Å². The third kappa shape index (κ3) is 6.49. The van der Waals surface area contributed by atoms with Gasteiger partial charge in [0, 0.05) is 5.70 Å². The quantitative estimate of drug-likeness (QED) is 0.847. The highest BCUT2D eigenvalue weighted by molar-refractivity contribution is 6.48. The minimum atomic E-state index is 0.615. The molecule has 1 aliphatic heterocycles. The van der Waals surface area contributed by atoms with Crippen LogP contribution in [-0.2, 0) is 11.3 Å². The van der Waals surface area contributed by atoms with E-state index >= 15 is 0 Å². The van der Waals surface area contributed by atoms with Gasteiger partial charge in [-0.1, -0.05) is 71.7 Å². The molecule has 106 valence electrons. The molecule has 2 nitrogen and oxygen atoms in total. The lowest BCUT2D eigenvalue weighted by Gasteiger charge is -2.01. The van der Waals surface area contributed by atoms with Gasteiger partial charge in [-0.25, -0.2) is 0 Å². The minimum Gasteiger partial charge on any atom is -0.430 e. The van der Waals surface area contributed by atoms with Gasteiger partial charge in [0.1, 0.15) is 0 Å². The van der Waals surface area contributed by atoms with Gasteiger partial charge in [-0.3, -0.25) is 0 Å². The maximum absolute atomic E-state index is 5.57. The fourth-order valence-corrected chi connectivity index (χ4v) is 1.73. The van der Waals surface area contributed by atoms with Gasteiger partial charge in [0.2, 0.25) is 0 Å². The number of hydrogen-bond donors (Lipinski definition) is 1. The third-order valence-electron chi connectivity index (χ3n) is 2.80. The molecule has 0 spiro atoms. The lowest BCUT2D eigenvalue weighted by atomic mass is 9.86. The smallest absolute Gasteiger partial charge is 0.309 e. The maximum Gasteiger partial charge on any atom is 0.309 e. The molecule has 0 unspecified atom stereocenters. The van der Waals surface area contributed by atoms with Crippen molar-refractivity contribution in [2.45, 2.75) is 53.6 Å². The summed E-state index contributed by atoms with van der Waals surface area (Å²) in [6.45, 7) is 12.8. The highest BCUT2D eigenvalue weighted by Crippen LogP contribution is 2.11. The summed E-state index contributed by atoms with van der Waals surface area (Å²) in [6.07, 6.45) is 4.08. The predicted octanol–water partition coefficient (Wildman–Crippen LogP) is 3.35. The molecule has 0 aliphatic carbocycles. The molecule has 0 bridgehead atoms. The van der Waals surface area contributed by atoms with E-state index in [1.807, 2.05) is 26.0 Å². The summed E-state index contributed by atoms with van der Waals surface area (Å²) < 4.78 is 5.28. The van der Waals surface area contributed by atoms with Crippen molar-refractivity contribution < 1.29 is 4.65 Å². The van der Waals surface area contributed by atoms with E-state index in [1.165, 1.54) is 30.3 Å². The zero-order valence-corrected chi connectivity index (χ0v) is 13.0. The van der Waals surface area contributed by atoms with Crippen molar-refractivity contribution in [1.82, 2.24) is 0 Å². The topological polar surface area (TPSA) is 35.2 Å². The first kappa shape index (κ1) is 17.8. The molecule has 2 N–H and O–H groups in total. The van der Waals surface area contributed by atoms with Gasteiger partial charge in [0.15, 0.2) is 0 Å². The fourth-order valence-electron chi connectivity index (χ4n) is 1.73. The summed E-state index contributed by atoms with van der Waals surface area (Å²) in [5.41, 5.74) is 9.69. The van der Waals surface area contributed by atoms with Gasteiger partial charge in [-0.05, 0) is 16.6 Å². The SMILES string of the molecule is C=C(N)c1ccc2c(c1)BOC2.CC.CCCCC. The summed E-state index contributed by atoms with van der Waals surface area (Å²) in [7, 11) is 0.705. The van der Waals surface area contributed by atoms with Gasteiger partial charge in [-0.15, -0.1) is 0 Å². The molecule has 2 rings (SSSR count). The van der Waals surface area contributed by atoms with Crippen LogP contribution >= 0.6 is 0 Å². The molecule has 0 atom stereocenters. The van der Waals surface area contributed by atoms with Crippen molar-refractivity contribution in [3.8, 4) is 0 Å². The van der Waals surface area contributed by atoms with Crippen LogP contribution in [-0.4, -0.2) is 7.48 Å². The summed E-state index contributed by atoms with van der Waals surface area (Å²) in [5, 5.41) is 0. The van der Waals surface area contributed by atoms with Crippen molar-refractivity contribution in [2.75, 3.05) is 0 Å². The molecule has 19 heavy (non-hydrogen) atoms. The first-order valence-corrected chi connectivity index (χ1v) is 7.33. The average molecular weight is 261 g/mol. The number of hydrogen-bond acceptors (Lipinski definition) is 2. The zero-order valence-electron chi connectivity index (χ0n) is 13.0. The number of unbranched alkanes of at least 4 members (excludes halogenated alkanes) is 2. The molecule has 0 aromatic heterocycles. The van der Waals surface area contributed by atoms with Crippen LogP contribution in [0.2, 0.25) is 0 Å². The second kappa shape index (κ2) is 10.7. The molecule has 3 heteroatoms. The molecule has 0 saturated carbocycles. The van der Waals surface area contributed by atoms with Gasteiger partial charge in [0.25, 0.3) is 0 Å². The molecule has 0 fully saturated rings. The van der Waals surface area contributed by atoms with E-state index in [0.717, 1.165) is 12.2 Å². The standard InChI is InChI=1S/C9H10BNO.C5H12.C2H6/c1-6(11)7-2-3-8-5-12-10-9(8)4-7;1-3-5-4-2;1-2/h2-4,10H,1,5,11H2;3-5H2,1-2H3;1-2H3. The van der Waals surface area contributed by atoms with Gasteiger partial charge < -0.3 is 10.4 Å². The van der Waals surface area contributed by atoms with E-state index in [9.17, 15) is 0 Å². The Morgan fingerprint density at radius 1 is 1.32 bits per heavy atom. The molecule has 1 heterocycles. The van der Waals surface area contributed by atoms with Gasteiger partial charge in [0.05, 0.1) is 6.61 Å². The number of nitrogens with two attached hydrogens (primary N) is 1. The van der Waals surface area contributed by atoms with Crippen LogP contribution in [0.5, 0.6) is 0 Å². The number of fused-ring (bicyclic) bond motifs is 1. The summed E-state index contributed by atoms with van der Waals surface area (Å²) >= 11 is 0. The maximum atomic E-state index is 5.57. The van der Waals surface area contributed by atoms with Gasteiger partial charge in [-0.2, -0.15) is 0 Å². The molecular formula is C16H28BNO. The van der Waals surface area contributed by atoms with Gasteiger partial charge >= 0.3 is 7.48 Å². The lowest BCUT2D eigenvalue weighted by molar-refractivity contribution is 0.345. The Balaban J connectivity index is 0.000000396. The Hall–Kier alpha value is -1.22. The largest absolute Gasteiger partial charge is 0.430 e. The average Bonchev–Trinajstić information content (AvgIpc) is 2.89. The lowest BCUT2D eigenvalue weighted by Crippen LogP contribution is -2.12. The van der Waals surface area contributed by atoms with Crippen molar-refractivity contribution >= 4 is 18.6 Å². The van der Waals surface area contributed by atoms with Crippen LogP contribution in [0.15, 0.2) is 24.8 Å². The predicted molar refractivity (Wildman–Crippen MR) is 87.8 cm³/mol. The second-order valence-corrected chi connectivity index (χ2v) is 4.36. The van der Waals surface area contributed by atoms with Crippen LogP contribution in [0.1, 0.15) is 58.1 Å². The molecule has 0 radical (unpaired) electrons. The molecule has 1 aromatic carbocycles. The number of rotatable bonds is 3. The van der Waals surface area contributed by atoms with Crippen molar-refractivity contribution in [3.63, 3.8) is 0 Å². The Bertz CT molecular complexity index is 375. The van der Waals surface area contributed by atoms with Crippen molar-refractivity contribution in [1.29, 1.82) is 0 Å². The van der Waals surface area contributed by atoms with E-state index in [-0.39, 0.29) is 0 Å². The number of benzene rings is 1. The second-order valence-electron chi connectivity index (χ2n) is 4.36. The van der Waals surface area contributed by atoms with Crippen molar-refractivity contribution in [2.24, 2.45) is 5.73 Å². The Kier molecular flexibility index (Phi) is 10.0. The van der Waals surface area contributed by atoms with Crippen molar-refractivity contribution in [3.05, 3.63) is 35.9 Å². The highest BCUT2D eigenvalue weighted by Gasteiger charge is 2.12. The molecular weight excluding hydrogens is 233 g/mol. The molecule has 1 aliphatic rings. The van der Waals surface area contributed by atoms with Crippen LogP contribution in [0, 0.1) is 0 Å².